The maximum absolute atomic E-state index is 6.94. The molecule has 1 aliphatic heterocycles. The lowest BCUT2D eigenvalue weighted by Crippen LogP contribution is -2.41. The summed E-state index contributed by atoms with van der Waals surface area (Å²) >= 11 is 0. The zero-order valence-electron chi connectivity index (χ0n) is 11.3. The quantitative estimate of drug-likeness (QED) is 0.756. The van der Waals surface area contributed by atoms with E-state index in [2.05, 4.69) is 40.9 Å². The molecule has 0 atom stereocenters. The number of benzene rings is 1. The molecule has 0 aliphatic carbocycles. The van der Waals surface area contributed by atoms with E-state index in [0.717, 1.165) is 18.3 Å². The maximum Gasteiger partial charge on any atom is 0.187 e. The fourth-order valence-electron chi connectivity index (χ4n) is 2.53. The zero-order chi connectivity index (χ0) is 13.0. The molecule has 0 amide bonds. The average molecular weight is 243 g/mol. The first kappa shape index (κ1) is 13.1. The van der Waals surface area contributed by atoms with Crippen LogP contribution in [0.3, 0.4) is 0 Å². The van der Waals surface area contributed by atoms with E-state index in [1.165, 1.54) is 31.5 Å². The minimum atomic E-state index is 0.727. The van der Waals surface area contributed by atoms with Gasteiger partial charge in [0.15, 0.2) is 5.69 Å². The highest BCUT2D eigenvalue weighted by molar-refractivity contribution is 5.45. The summed E-state index contributed by atoms with van der Waals surface area (Å²) in [5, 5.41) is 0. The van der Waals surface area contributed by atoms with Crippen LogP contribution in [0.2, 0.25) is 0 Å². The first-order valence-electron chi connectivity index (χ1n) is 6.54. The van der Waals surface area contributed by atoms with Crippen LogP contribution < -0.4 is 0 Å². The second kappa shape index (κ2) is 5.99. The van der Waals surface area contributed by atoms with Crippen LogP contribution in [-0.4, -0.2) is 43.0 Å². The first-order valence-corrected chi connectivity index (χ1v) is 6.54. The normalized spacial score (nSPS) is 17.9. The van der Waals surface area contributed by atoms with Crippen molar-refractivity contribution in [2.75, 3.05) is 27.2 Å². The number of piperidine rings is 1. The summed E-state index contributed by atoms with van der Waals surface area (Å²) in [6.45, 7) is 10.3. The fourth-order valence-corrected chi connectivity index (χ4v) is 2.53. The van der Waals surface area contributed by atoms with Gasteiger partial charge in [-0.1, -0.05) is 24.3 Å². The van der Waals surface area contributed by atoms with Gasteiger partial charge in [0, 0.05) is 12.6 Å². The van der Waals surface area contributed by atoms with E-state index >= 15 is 0 Å². The largest absolute Gasteiger partial charge is 0.306 e. The molecule has 3 heteroatoms. The number of hydrogen-bond acceptors (Lipinski definition) is 2. The molecule has 0 radical (unpaired) electrons. The molecule has 1 fully saturated rings. The van der Waals surface area contributed by atoms with E-state index in [4.69, 9.17) is 6.57 Å². The van der Waals surface area contributed by atoms with Crippen LogP contribution >= 0.6 is 0 Å². The molecule has 0 unspecified atom stereocenters. The van der Waals surface area contributed by atoms with Gasteiger partial charge < -0.3 is 4.90 Å². The van der Waals surface area contributed by atoms with Crippen molar-refractivity contribution in [1.29, 1.82) is 0 Å². The molecule has 2 rings (SSSR count). The van der Waals surface area contributed by atoms with Crippen LogP contribution in [0.1, 0.15) is 18.4 Å². The molecular weight excluding hydrogens is 222 g/mol. The third-order valence-corrected chi connectivity index (χ3v) is 3.76. The lowest BCUT2D eigenvalue weighted by atomic mass is 10.0. The Morgan fingerprint density at radius 1 is 1.22 bits per heavy atom. The van der Waals surface area contributed by atoms with Gasteiger partial charge in [-0.25, -0.2) is 4.85 Å². The van der Waals surface area contributed by atoms with Crippen LogP contribution in [0, 0.1) is 6.57 Å². The van der Waals surface area contributed by atoms with Gasteiger partial charge in [0.2, 0.25) is 0 Å². The summed E-state index contributed by atoms with van der Waals surface area (Å²) < 4.78 is 0. The van der Waals surface area contributed by atoms with Crippen molar-refractivity contribution in [3.05, 3.63) is 41.2 Å². The van der Waals surface area contributed by atoms with Gasteiger partial charge in [0.25, 0.3) is 0 Å². The number of hydrogen-bond donors (Lipinski definition) is 0. The summed E-state index contributed by atoms with van der Waals surface area (Å²) in [6.07, 6.45) is 2.51. The summed E-state index contributed by atoms with van der Waals surface area (Å²) in [5.74, 6) is 0. The van der Waals surface area contributed by atoms with Crippen LogP contribution in [0.25, 0.3) is 4.85 Å². The van der Waals surface area contributed by atoms with Gasteiger partial charge in [-0.15, -0.1) is 0 Å². The Bertz CT molecular complexity index is 408. The van der Waals surface area contributed by atoms with Crippen LogP contribution in [0.5, 0.6) is 0 Å². The molecule has 0 N–H and O–H groups in total. The second-order valence-electron chi connectivity index (χ2n) is 5.25. The van der Waals surface area contributed by atoms with Gasteiger partial charge in [-0.2, -0.15) is 0 Å². The predicted octanol–water partition coefficient (Wildman–Crippen LogP) is 2.76. The van der Waals surface area contributed by atoms with Crippen molar-refractivity contribution in [2.45, 2.75) is 25.4 Å². The zero-order valence-corrected chi connectivity index (χ0v) is 11.3. The second-order valence-corrected chi connectivity index (χ2v) is 5.25. The van der Waals surface area contributed by atoms with E-state index < -0.39 is 0 Å². The highest BCUT2D eigenvalue weighted by Gasteiger charge is 2.20. The minimum absolute atomic E-state index is 0.727. The monoisotopic (exact) mass is 243 g/mol. The standard InChI is InChI=1S/C15H21N3/c1-16-14-6-4-13(5-7-14)12-18-10-8-15(9-11-18)17(2)3/h4-7,15H,8-12H2,2-3H3. The van der Waals surface area contributed by atoms with Crippen molar-refractivity contribution >= 4 is 5.69 Å². The highest BCUT2D eigenvalue weighted by atomic mass is 15.2. The SMILES string of the molecule is [C-]#[N+]c1ccc(CN2CCC(N(C)C)CC2)cc1. The maximum atomic E-state index is 6.94. The van der Waals surface area contributed by atoms with Gasteiger partial charge in [-0.05, 0) is 45.6 Å². The Morgan fingerprint density at radius 2 is 1.83 bits per heavy atom. The van der Waals surface area contributed by atoms with Crippen molar-refractivity contribution in [1.82, 2.24) is 9.80 Å². The van der Waals surface area contributed by atoms with Gasteiger partial charge in [0.05, 0.1) is 6.57 Å². The summed E-state index contributed by atoms with van der Waals surface area (Å²) in [4.78, 5) is 8.26. The lowest BCUT2D eigenvalue weighted by Gasteiger charge is -2.35. The van der Waals surface area contributed by atoms with Crippen molar-refractivity contribution in [3.8, 4) is 0 Å². The topological polar surface area (TPSA) is 10.8 Å². The van der Waals surface area contributed by atoms with Crippen molar-refractivity contribution in [3.63, 3.8) is 0 Å². The van der Waals surface area contributed by atoms with E-state index in [0.29, 0.717) is 0 Å². The summed E-state index contributed by atoms with van der Waals surface area (Å²) in [5.41, 5.74) is 2.04. The molecule has 1 heterocycles. The molecule has 1 aromatic rings. The number of nitrogens with zero attached hydrogens (tertiary/aromatic N) is 3. The molecule has 18 heavy (non-hydrogen) atoms. The van der Waals surface area contributed by atoms with E-state index in [1.807, 2.05) is 12.1 Å². The molecule has 0 saturated carbocycles. The summed E-state index contributed by atoms with van der Waals surface area (Å²) in [7, 11) is 4.34. The van der Waals surface area contributed by atoms with Gasteiger partial charge in [0.1, 0.15) is 0 Å². The van der Waals surface area contributed by atoms with Crippen molar-refractivity contribution in [2.24, 2.45) is 0 Å². The average Bonchev–Trinajstić information content (AvgIpc) is 2.40. The van der Waals surface area contributed by atoms with Crippen LogP contribution in [-0.2, 0) is 6.54 Å². The fraction of sp³-hybridized carbons (Fsp3) is 0.533. The van der Waals surface area contributed by atoms with Crippen LogP contribution in [0.4, 0.5) is 5.69 Å². The molecule has 1 aliphatic rings. The molecule has 0 bridgehead atoms. The third-order valence-electron chi connectivity index (χ3n) is 3.76. The smallest absolute Gasteiger partial charge is 0.187 e. The molecule has 96 valence electrons. The lowest BCUT2D eigenvalue weighted by molar-refractivity contribution is 0.140. The Hall–Kier alpha value is -1.37. The molecule has 1 aromatic carbocycles. The van der Waals surface area contributed by atoms with Gasteiger partial charge in [-0.3, -0.25) is 4.90 Å². The Morgan fingerprint density at radius 3 is 2.33 bits per heavy atom. The minimum Gasteiger partial charge on any atom is -0.306 e. The number of likely N-dealkylation sites (tertiary alicyclic amines) is 1. The third kappa shape index (κ3) is 3.32. The van der Waals surface area contributed by atoms with E-state index in [1.54, 1.807) is 0 Å². The predicted molar refractivity (Wildman–Crippen MR) is 74.7 cm³/mol. The molecule has 0 aromatic heterocycles. The molecule has 1 saturated heterocycles. The molecule has 3 nitrogen and oxygen atoms in total. The first-order chi connectivity index (χ1) is 8.69. The Kier molecular flexibility index (Phi) is 4.35. The molecular formula is C15H21N3. The van der Waals surface area contributed by atoms with Crippen LogP contribution in [0.15, 0.2) is 24.3 Å². The van der Waals surface area contributed by atoms with Crippen molar-refractivity contribution < 1.29 is 0 Å². The number of rotatable bonds is 3. The van der Waals surface area contributed by atoms with Gasteiger partial charge >= 0.3 is 0 Å². The Labute approximate surface area is 110 Å². The van der Waals surface area contributed by atoms with E-state index in [-0.39, 0.29) is 0 Å². The van der Waals surface area contributed by atoms with E-state index in [9.17, 15) is 0 Å². The highest BCUT2D eigenvalue weighted by Crippen LogP contribution is 2.18. The Balaban J connectivity index is 1.86. The summed E-state index contributed by atoms with van der Waals surface area (Å²) in [6, 6.07) is 8.71. The molecule has 0 spiro atoms.